The predicted molar refractivity (Wildman–Crippen MR) is 102 cm³/mol. The van der Waals surface area contributed by atoms with Gasteiger partial charge in [0.25, 0.3) is 0 Å². The number of halogens is 1. The molecular weight excluding hydrogens is 375 g/mol. The fraction of sp³-hybridized carbons (Fsp3) is 0.438. The van der Waals surface area contributed by atoms with Crippen LogP contribution < -0.4 is 11.1 Å². The predicted octanol–water partition coefficient (Wildman–Crippen LogP) is 3.34. The highest BCUT2D eigenvalue weighted by Crippen LogP contribution is 2.19. The summed E-state index contributed by atoms with van der Waals surface area (Å²) in [6.07, 6.45) is 2.95. The molecule has 0 saturated heterocycles. The van der Waals surface area contributed by atoms with Crippen LogP contribution in [0.3, 0.4) is 0 Å². The molecular formula is C16H25IN4. The van der Waals surface area contributed by atoms with Crippen LogP contribution in [0.1, 0.15) is 31.9 Å². The summed E-state index contributed by atoms with van der Waals surface area (Å²) in [6, 6.07) is 6.47. The number of fused-ring (bicyclic) bond motifs is 1. The quantitative estimate of drug-likeness (QED) is 0.420. The lowest BCUT2D eigenvalue weighted by molar-refractivity contribution is 0.508. The van der Waals surface area contributed by atoms with Gasteiger partial charge in [-0.25, -0.2) is 0 Å². The minimum absolute atomic E-state index is 0. The summed E-state index contributed by atoms with van der Waals surface area (Å²) in [5.41, 5.74) is 9.55. The largest absolute Gasteiger partial charge is 0.370 e. The van der Waals surface area contributed by atoms with E-state index >= 15 is 0 Å². The lowest BCUT2D eigenvalue weighted by Gasteiger charge is -2.20. The lowest BCUT2D eigenvalue weighted by atomic mass is 10.1. The Hall–Kier alpha value is -1.24. The molecule has 0 aliphatic heterocycles. The summed E-state index contributed by atoms with van der Waals surface area (Å²) in [6.45, 7) is 8.99. The number of nitrogens with zero attached hydrogens (tertiary/aromatic N) is 1. The molecule has 0 amide bonds. The average Bonchev–Trinajstić information content (AvgIpc) is 2.69. The van der Waals surface area contributed by atoms with Gasteiger partial charge in [0.05, 0.1) is 0 Å². The summed E-state index contributed by atoms with van der Waals surface area (Å²) in [7, 11) is 0. The Labute approximate surface area is 143 Å². The van der Waals surface area contributed by atoms with Crippen LogP contribution in [-0.2, 0) is 6.42 Å². The zero-order valence-corrected chi connectivity index (χ0v) is 15.5. The van der Waals surface area contributed by atoms with Crippen molar-refractivity contribution < 1.29 is 0 Å². The number of hydrogen-bond donors (Lipinski definition) is 3. The number of benzene rings is 1. The molecule has 0 aliphatic carbocycles. The third-order valence-corrected chi connectivity index (χ3v) is 3.09. The molecule has 0 unspecified atom stereocenters. The molecule has 2 rings (SSSR count). The number of H-pyrrole nitrogens is 1. The van der Waals surface area contributed by atoms with Crippen molar-refractivity contribution in [3.63, 3.8) is 0 Å². The third-order valence-electron chi connectivity index (χ3n) is 3.09. The van der Waals surface area contributed by atoms with Crippen LogP contribution in [0.15, 0.2) is 29.4 Å². The maximum atomic E-state index is 5.86. The molecule has 21 heavy (non-hydrogen) atoms. The van der Waals surface area contributed by atoms with Crippen LogP contribution in [0.4, 0.5) is 0 Å². The van der Waals surface area contributed by atoms with Crippen molar-refractivity contribution in [2.75, 3.05) is 6.54 Å². The lowest BCUT2D eigenvalue weighted by Crippen LogP contribution is -2.45. The Bertz CT molecular complexity index is 623. The third kappa shape index (κ3) is 5.22. The number of aryl methyl sites for hydroxylation is 1. The Balaban J connectivity index is 0.00000220. The van der Waals surface area contributed by atoms with E-state index in [1.165, 1.54) is 22.0 Å². The second-order valence-electron chi connectivity index (χ2n) is 6.25. The van der Waals surface area contributed by atoms with Gasteiger partial charge in [0.2, 0.25) is 0 Å². The first kappa shape index (κ1) is 17.8. The van der Waals surface area contributed by atoms with Crippen molar-refractivity contribution >= 4 is 40.8 Å². The number of aliphatic imine (C=N–C) groups is 1. The Morgan fingerprint density at radius 2 is 2.05 bits per heavy atom. The van der Waals surface area contributed by atoms with Crippen LogP contribution in [0.2, 0.25) is 0 Å². The van der Waals surface area contributed by atoms with Crippen molar-refractivity contribution in [3.05, 3.63) is 35.5 Å². The summed E-state index contributed by atoms with van der Waals surface area (Å²) in [5.74, 6) is 0.508. The zero-order valence-electron chi connectivity index (χ0n) is 13.2. The van der Waals surface area contributed by atoms with Gasteiger partial charge in [-0.1, -0.05) is 12.1 Å². The van der Waals surface area contributed by atoms with Crippen molar-refractivity contribution in [1.82, 2.24) is 10.3 Å². The molecule has 0 bridgehead atoms. The number of nitrogens with one attached hydrogen (secondary N) is 2. The van der Waals surface area contributed by atoms with Crippen molar-refractivity contribution in [2.24, 2.45) is 10.7 Å². The second-order valence-corrected chi connectivity index (χ2v) is 6.25. The highest BCUT2D eigenvalue weighted by Gasteiger charge is 2.09. The van der Waals surface area contributed by atoms with Gasteiger partial charge in [-0.05, 0) is 51.3 Å². The number of rotatable bonds is 3. The zero-order chi connectivity index (χ0) is 14.8. The highest BCUT2D eigenvalue weighted by molar-refractivity contribution is 14.0. The summed E-state index contributed by atoms with van der Waals surface area (Å²) in [5, 5.41) is 4.44. The SMILES string of the molecule is Cc1ccc2c(CCN=C(N)NC(C)(C)C)c[nH]c2c1.I. The van der Waals surface area contributed by atoms with E-state index in [2.05, 4.69) is 67.4 Å². The van der Waals surface area contributed by atoms with Crippen LogP contribution in [0.5, 0.6) is 0 Å². The van der Waals surface area contributed by atoms with Crippen LogP contribution >= 0.6 is 24.0 Å². The molecule has 1 heterocycles. The number of aromatic nitrogens is 1. The smallest absolute Gasteiger partial charge is 0.188 e. The molecule has 0 fully saturated rings. The molecule has 0 spiro atoms. The molecule has 1 aromatic carbocycles. The van der Waals surface area contributed by atoms with Crippen molar-refractivity contribution in [3.8, 4) is 0 Å². The van der Waals surface area contributed by atoms with E-state index in [0.717, 1.165) is 6.42 Å². The topological polar surface area (TPSA) is 66.2 Å². The molecule has 1 aromatic heterocycles. The van der Waals surface area contributed by atoms with Crippen molar-refractivity contribution in [2.45, 2.75) is 39.7 Å². The fourth-order valence-corrected chi connectivity index (χ4v) is 2.23. The monoisotopic (exact) mass is 400 g/mol. The van der Waals surface area contributed by atoms with Gasteiger partial charge >= 0.3 is 0 Å². The van der Waals surface area contributed by atoms with E-state index in [9.17, 15) is 0 Å². The van der Waals surface area contributed by atoms with E-state index in [0.29, 0.717) is 12.5 Å². The maximum Gasteiger partial charge on any atom is 0.188 e. The van der Waals surface area contributed by atoms with Gasteiger partial charge in [0.1, 0.15) is 0 Å². The first-order chi connectivity index (χ1) is 9.35. The molecule has 0 atom stereocenters. The maximum absolute atomic E-state index is 5.86. The van der Waals surface area contributed by atoms with Crippen LogP contribution in [0, 0.1) is 6.92 Å². The molecule has 5 heteroatoms. The average molecular weight is 400 g/mol. The molecule has 0 aliphatic rings. The van der Waals surface area contributed by atoms with E-state index in [-0.39, 0.29) is 29.5 Å². The first-order valence-electron chi connectivity index (χ1n) is 7.00. The number of guanidine groups is 1. The first-order valence-corrected chi connectivity index (χ1v) is 7.00. The molecule has 116 valence electrons. The Morgan fingerprint density at radius 1 is 1.33 bits per heavy atom. The van der Waals surface area contributed by atoms with Crippen LogP contribution in [-0.4, -0.2) is 23.0 Å². The molecule has 0 radical (unpaired) electrons. The molecule has 0 saturated carbocycles. The van der Waals surface area contributed by atoms with Gasteiger partial charge in [0, 0.05) is 29.2 Å². The van der Waals surface area contributed by atoms with Gasteiger partial charge in [-0.3, -0.25) is 4.99 Å². The van der Waals surface area contributed by atoms with Gasteiger partial charge in [-0.2, -0.15) is 0 Å². The summed E-state index contributed by atoms with van der Waals surface area (Å²) in [4.78, 5) is 7.69. The standard InChI is InChI=1S/C16H24N4.HI/c1-11-5-6-13-12(10-19-14(13)9-11)7-8-18-15(17)20-16(2,3)4;/h5-6,9-10,19H,7-8H2,1-4H3,(H3,17,18,20);1H. The number of hydrogen-bond acceptors (Lipinski definition) is 1. The van der Waals surface area contributed by atoms with E-state index in [1.54, 1.807) is 0 Å². The van der Waals surface area contributed by atoms with E-state index in [4.69, 9.17) is 5.73 Å². The fourth-order valence-electron chi connectivity index (χ4n) is 2.23. The summed E-state index contributed by atoms with van der Waals surface area (Å²) < 4.78 is 0. The molecule has 4 nitrogen and oxygen atoms in total. The van der Waals surface area contributed by atoms with Crippen molar-refractivity contribution in [1.29, 1.82) is 0 Å². The van der Waals surface area contributed by atoms with E-state index in [1.807, 2.05) is 0 Å². The van der Waals surface area contributed by atoms with E-state index < -0.39 is 0 Å². The Morgan fingerprint density at radius 3 is 2.71 bits per heavy atom. The van der Waals surface area contributed by atoms with Gasteiger partial charge in [0.15, 0.2) is 5.96 Å². The van der Waals surface area contributed by atoms with Crippen LogP contribution in [0.25, 0.3) is 10.9 Å². The Kier molecular flexibility index (Phi) is 6.07. The highest BCUT2D eigenvalue weighted by atomic mass is 127. The minimum Gasteiger partial charge on any atom is -0.370 e. The number of nitrogens with two attached hydrogens (primary N) is 1. The normalized spacial score (nSPS) is 12.3. The summed E-state index contributed by atoms with van der Waals surface area (Å²) >= 11 is 0. The number of aromatic amines is 1. The van der Waals surface area contributed by atoms with Gasteiger partial charge in [-0.15, -0.1) is 24.0 Å². The molecule has 4 N–H and O–H groups in total. The van der Waals surface area contributed by atoms with Gasteiger partial charge < -0.3 is 16.0 Å². The minimum atomic E-state index is -0.0497. The second kappa shape index (κ2) is 7.15. The molecule has 2 aromatic rings.